The maximum absolute atomic E-state index is 13.1. The minimum atomic E-state index is -3.49. The molecule has 0 bridgehead atoms. The molecule has 0 spiro atoms. The van der Waals surface area contributed by atoms with Crippen LogP contribution in [0.4, 0.5) is 0 Å². The molecule has 0 radical (unpaired) electrons. The zero-order valence-electron chi connectivity index (χ0n) is 19.2. The third-order valence-corrected chi connectivity index (χ3v) is 7.89. The standard InChI is InChI=1S/C25H31N3O3S/c1-19-23(26-24(31-19)20-8-6-5-7-9-20)18-27-14-16-28(17-15-27)32(29,30)22-12-10-21(11-13-22)25(2,3)4/h5-13H,14-18H2,1-4H3. The predicted molar refractivity (Wildman–Crippen MR) is 126 cm³/mol. The fourth-order valence-corrected chi connectivity index (χ4v) is 5.32. The molecule has 2 heterocycles. The lowest BCUT2D eigenvalue weighted by atomic mass is 9.87. The van der Waals surface area contributed by atoms with Crippen molar-refractivity contribution in [2.24, 2.45) is 0 Å². The first-order valence-electron chi connectivity index (χ1n) is 11.0. The van der Waals surface area contributed by atoms with Crippen LogP contribution in [0.5, 0.6) is 0 Å². The quantitative estimate of drug-likeness (QED) is 0.571. The summed E-state index contributed by atoms with van der Waals surface area (Å²) < 4.78 is 33.7. The summed E-state index contributed by atoms with van der Waals surface area (Å²) in [6, 6.07) is 17.1. The van der Waals surface area contributed by atoms with Gasteiger partial charge in [-0.1, -0.05) is 51.1 Å². The van der Waals surface area contributed by atoms with Crippen molar-refractivity contribution in [1.82, 2.24) is 14.2 Å². The molecule has 1 aliphatic heterocycles. The lowest BCUT2D eigenvalue weighted by Gasteiger charge is -2.33. The van der Waals surface area contributed by atoms with Crippen LogP contribution in [0.1, 0.15) is 37.8 Å². The van der Waals surface area contributed by atoms with Crippen LogP contribution >= 0.6 is 0 Å². The van der Waals surface area contributed by atoms with Crippen LogP contribution in [-0.4, -0.2) is 48.8 Å². The molecule has 0 aliphatic carbocycles. The van der Waals surface area contributed by atoms with E-state index in [1.54, 1.807) is 16.4 Å². The van der Waals surface area contributed by atoms with Crippen LogP contribution in [-0.2, 0) is 22.0 Å². The Balaban J connectivity index is 1.39. The van der Waals surface area contributed by atoms with Gasteiger partial charge < -0.3 is 4.42 Å². The SMILES string of the molecule is Cc1oc(-c2ccccc2)nc1CN1CCN(S(=O)(=O)c2ccc(C(C)(C)C)cc2)CC1. The smallest absolute Gasteiger partial charge is 0.243 e. The van der Waals surface area contributed by atoms with Crippen molar-refractivity contribution in [2.45, 2.75) is 44.6 Å². The summed E-state index contributed by atoms with van der Waals surface area (Å²) in [6.45, 7) is 11.2. The van der Waals surface area contributed by atoms with Crippen molar-refractivity contribution in [2.75, 3.05) is 26.2 Å². The lowest BCUT2D eigenvalue weighted by molar-refractivity contribution is 0.179. The van der Waals surface area contributed by atoms with Crippen LogP contribution < -0.4 is 0 Å². The molecule has 7 heteroatoms. The van der Waals surface area contributed by atoms with Gasteiger partial charge in [0.2, 0.25) is 15.9 Å². The zero-order valence-corrected chi connectivity index (χ0v) is 20.0. The van der Waals surface area contributed by atoms with E-state index in [4.69, 9.17) is 4.42 Å². The third kappa shape index (κ3) is 4.80. The van der Waals surface area contributed by atoms with Gasteiger partial charge in [0.1, 0.15) is 5.76 Å². The highest BCUT2D eigenvalue weighted by atomic mass is 32.2. The lowest BCUT2D eigenvalue weighted by Crippen LogP contribution is -2.48. The third-order valence-electron chi connectivity index (χ3n) is 5.98. The average Bonchev–Trinajstić information content (AvgIpc) is 3.14. The molecule has 0 atom stereocenters. The van der Waals surface area contributed by atoms with E-state index in [0.717, 1.165) is 22.6 Å². The van der Waals surface area contributed by atoms with Gasteiger partial charge in [-0.15, -0.1) is 0 Å². The van der Waals surface area contributed by atoms with Crippen LogP contribution in [0.2, 0.25) is 0 Å². The number of aromatic nitrogens is 1. The molecular formula is C25H31N3O3S. The first-order valence-corrected chi connectivity index (χ1v) is 12.4. The molecule has 32 heavy (non-hydrogen) atoms. The molecule has 1 saturated heterocycles. The van der Waals surface area contributed by atoms with Gasteiger partial charge in [-0.2, -0.15) is 4.31 Å². The van der Waals surface area contributed by atoms with Gasteiger partial charge >= 0.3 is 0 Å². The summed E-state index contributed by atoms with van der Waals surface area (Å²) in [6.07, 6.45) is 0. The maximum atomic E-state index is 13.1. The molecule has 0 amide bonds. The number of benzene rings is 2. The fraction of sp³-hybridized carbons (Fsp3) is 0.400. The highest BCUT2D eigenvalue weighted by Crippen LogP contribution is 2.26. The first kappa shape index (κ1) is 22.7. The number of oxazole rings is 1. The summed E-state index contributed by atoms with van der Waals surface area (Å²) in [4.78, 5) is 7.27. The molecule has 4 rings (SSSR count). The zero-order chi connectivity index (χ0) is 22.9. The highest BCUT2D eigenvalue weighted by molar-refractivity contribution is 7.89. The Kier molecular flexibility index (Phi) is 6.25. The Morgan fingerprint density at radius 1 is 0.938 bits per heavy atom. The summed E-state index contributed by atoms with van der Waals surface area (Å²) in [5, 5.41) is 0. The number of sulfonamides is 1. The van der Waals surface area contributed by atoms with Gasteiger partial charge in [-0.25, -0.2) is 13.4 Å². The van der Waals surface area contributed by atoms with E-state index < -0.39 is 10.0 Å². The first-order chi connectivity index (χ1) is 15.1. The molecule has 170 valence electrons. The van der Waals surface area contributed by atoms with Crippen molar-refractivity contribution in [3.63, 3.8) is 0 Å². The minimum absolute atomic E-state index is 0.00640. The molecule has 0 N–H and O–H groups in total. The molecule has 2 aromatic carbocycles. The van der Waals surface area contributed by atoms with Crippen molar-refractivity contribution >= 4 is 10.0 Å². The second-order valence-corrected chi connectivity index (χ2v) is 11.3. The van der Waals surface area contributed by atoms with Gasteiger partial charge in [0.05, 0.1) is 10.6 Å². The molecule has 0 saturated carbocycles. The highest BCUT2D eigenvalue weighted by Gasteiger charge is 2.29. The van der Waals surface area contributed by atoms with Gasteiger partial charge in [-0.3, -0.25) is 4.90 Å². The number of hydrogen-bond acceptors (Lipinski definition) is 5. The molecular weight excluding hydrogens is 422 g/mol. The maximum Gasteiger partial charge on any atom is 0.243 e. The van der Waals surface area contributed by atoms with E-state index in [1.165, 1.54) is 0 Å². The Labute approximate surface area is 190 Å². The van der Waals surface area contributed by atoms with E-state index in [1.807, 2.05) is 49.4 Å². The van der Waals surface area contributed by atoms with Crippen LogP contribution in [0.3, 0.4) is 0 Å². The van der Waals surface area contributed by atoms with E-state index >= 15 is 0 Å². The Morgan fingerprint density at radius 3 is 2.16 bits per heavy atom. The van der Waals surface area contributed by atoms with Gasteiger partial charge in [-0.05, 0) is 42.2 Å². The summed E-state index contributed by atoms with van der Waals surface area (Å²) in [5.74, 6) is 1.43. The van der Waals surface area contributed by atoms with E-state index in [0.29, 0.717) is 43.5 Å². The van der Waals surface area contributed by atoms with Crippen molar-refractivity contribution in [3.8, 4) is 11.5 Å². The molecule has 1 aromatic heterocycles. The number of aryl methyl sites for hydroxylation is 1. The van der Waals surface area contributed by atoms with Crippen molar-refractivity contribution in [1.29, 1.82) is 0 Å². The van der Waals surface area contributed by atoms with E-state index in [9.17, 15) is 8.42 Å². The van der Waals surface area contributed by atoms with E-state index in [2.05, 4.69) is 30.7 Å². The monoisotopic (exact) mass is 453 g/mol. The molecule has 0 unspecified atom stereocenters. The Morgan fingerprint density at radius 2 is 1.56 bits per heavy atom. The topological polar surface area (TPSA) is 66.7 Å². The average molecular weight is 454 g/mol. The number of rotatable bonds is 5. The van der Waals surface area contributed by atoms with Crippen molar-refractivity contribution < 1.29 is 12.8 Å². The van der Waals surface area contributed by atoms with Gasteiger partial charge in [0.15, 0.2) is 0 Å². The summed E-state index contributed by atoms with van der Waals surface area (Å²) in [7, 11) is -3.49. The number of piperazine rings is 1. The fourth-order valence-electron chi connectivity index (χ4n) is 3.89. The molecule has 1 fully saturated rings. The number of nitrogens with zero attached hydrogens (tertiary/aromatic N) is 3. The van der Waals surface area contributed by atoms with Crippen LogP contribution in [0.25, 0.3) is 11.5 Å². The summed E-state index contributed by atoms with van der Waals surface area (Å²) >= 11 is 0. The normalized spacial score (nSPS) is 16.4. The largest absolute Gasteiger partial charge is 0.441 e. The van der Waals surface area contributed by atoms with Crippen LogP contribution in [0.15, 0.2) is 63.9 Å². The van der Waals surface area contributed by atoms with E-state index in [-0.39, 0.29) is 5.41 Å². The minimum Gasteiger partial charge on any atom is -0.441 e. The predicted octanol–water partition coefficient (Wildman–Crippen LogP) is 4.45. The second kappa shape index (κ2) is 8.81. The molecule has 6 nitrogen and oxygen atoms in total. The summed E-state index contributed by atoms with van der Waals surface area (Å²) in [5.41, 5.74) is 2.97. The molecule has 3 aromatic rings. The second-order valence-electron chi connectivity index (χ2n) is 9.34. The van der Waals surface area contributed by atoms with Gasteiger partial charge in [0, 0.05) is 38.3 Å². The molecule has 1 aliphatic rings. The number of hydrogen-bond donors (Lipinski definition) is 0. The Bertz CT molecular complexity index is 1160. The Hall–Kier alpha value is -2.48. The van der Waals surface area contributed by atoms with Crippen LogP contribution in [0, 0.1) is 6.92 Å². The van der Waals surface area contributed by atoms with Gasteiger partial charge in [0.25, 0.3) is 0 Å². The van der Waals surface area contributed by atoms with Crippen molar-refractivity contribution in [3.05, 3.63) is 71.6 Å².